The van der Waals surface area contributed by atoms with Gasteiger partial charge in [0, 0.05) is 11.8 Å². The van der Waals surface area contributed by atoms with Crippen molar-refractivity contribution in [3.05, 3.63) is 48.0 Å². The largest absolute Gasteiger partial charge is 0.484 e. The zero-order valence-corrected chi connectivity index (χ0v) is 18.3. The molecule has 34 heavy (non-hydrogen) atoms. The van der Waals surface area contributed by atoms with E-state index in [2.05, 4.69) is 14.2 Å². The van der Waals surface area contributed by atoms with Crippen molar-refractivity contribution in [1.82, 2.24) is 0 Å². The molecule has 7 nitrogen and oxygen atoms in total. The maximum atomic E-state index is 12.8. The SMILES string of the molecule is CCOC(=O)Cc1ccc(NS(=O)(=O)c2cc(OCC(F)(F)F)ccc2OCC(F)(F)F)cc1. The molecule has 0 aliphatic heterocycles. The molecular formula is C20H19F6NO6S. The van der Waals surface area contributed by atoms with Crippen LogP contribution < -0.4 is 14.2 Å². The summed E-state index contributed by atoms with van der Waals surface area (Å²) in [5, 5.41) is 0. The number of esters is 1. The highest BCUT2D eigenvalue weighted by Gasteiger charge is 2.31. The number of nitrogens with one attached hydrogen (secondary N) is 1. The highest BCUT2D eigenvalue weighted by Crippen LogP contribution is 2.32. The molecule has 2 aromatic carbocycles. The maximum Gasteiger partial charge on any atom is 0.422 e. The smallest absolute Gasteiger partial charge is 0.422 e. The zero-order valence-electron chi connectivity index (χ0n) is 17.5. The van der Waals surface area contributed by atoms with Crippen molar-refractivity contribution in [2.24, 2.45) is 0 Å². The van der Waals surface area contributed by atoms with Crippen molar-refractivity contribution in [2.75, 3.05) is 24.5 Å². The molecule has 0 aliphatic carbocycles. The Labute approximate surface area is 190 Å². The number of halogens is 6. The number of alkyl halides is 6. The van der Waals surface area contributed by atoms with Gasteiger partial charge in [-0.15, -0.1) is 0 Å². The molecule has 0 saturated carbocycles. The summed E-state index contributed by atoms with van der Waals surface area (Å²) in [7, 11) is -4.63. The van der Waals surface area contributed by atoms with E-state index in [0.717, 1.165) is 12.1 Å². The van der Waals surface area contributed by atoms with Gasteiger partial charge in [-0.2, -0.15) is 26.3 Å². The van der Waals surface area contributed by atoms with Crippen LogP contribution in [0, 0.1) is 0 Å². The lowest BCUT2D eigenvalue weighted by Crippen LogP contribution is -2.22. The van der Waals surface area contributed by atoms with Crippen LogP contribution in [0.5, 0.6) is 11.5 Å². The van der Waals surface area contributed by atoms with Crippen LogP contribution in [-0.2, 0) is 26.0 Å². The molecule has 0 aromatic heterocycles. The van der Waals surface area contributed by atoms with Crippen LogP contribution in [0.15, 0.2) is 47.4 Å². The van der Waals surface area contributed by atoms with Gasteiger partial charge in [0.1, 0.15) is 16.4 Å². The van der Waals surface area contributed by atoms with E-state index in [-0.39, 0.29) is 18.7 Å². The first kappa shape index (κ1) is 27.1. The number of hydrogen-bond acceptors (Lipinski definition) is 6. The highest BCUT2D eigenvalue weighted by atomic mass is 32.2. The Balaban J connectivity index is 2.29. The molecular weight excluding hydrogens is 496 g/mol. The van der Waals surface area contributed by atoms with E-state index in [9.17, 15) is 39.6 Å². The Morgan fingerprint density at radius 3 is 2.06 bits per heavy atom. The van der Waals surface area contributed by atoms with Crippen molar-refractivity contribution in [3.63, 3.8) is 0 Å². The van der Waals surface area contributed by atoms with Gasteiger partial charge < -0.3 is 14.2 Å². The number of rotatable bonds is 10. The monoisotopic (exact) mass is 515 g/mol. The van der Waals surface area contributed by atoms with Gasteiger partial charge in [-0.1, -0.05) is 12.1 Å². The molecule has 0 heterocycles. The fourth-order valence-corrected chi connectivity index (χ4v) is 3.73. The maximum absolute atomic E-state index is 12.8. The Hall–Kier alpha value is -3.16. The predicted molar refractivity (Wildman–Crippen MR) is 107 cm³/mol. The predicted octanol–water partition coefficient (Wildman–Crippen LogP) is 4.48. The third kappa shape index (κ3) is 9.00. The minimum absolute atomic E-state index is 0.0315. The molecule has 0 unspecified atom stereocenters. The van der Waals surface area contributed by atoms with Gasteiger partial charge in [0.05, 0.1) is 13.0 Å². The minimum atomic E-state index is -4.80. The average Bonchev–Trinajstić information content (AvgIpc) is 2.71. The fraction of sp³-hybridized carbons (Fsp3) is 0.350. The molecule has 0 bridgehead atoms. The van der Waals surface area contributed by atoms with Crippen molar-refractivity contribution in [3.8, 4) is 11.5 Å². The second kappa shape index (κ2) is 10.8. The number of ether oxygens (including phenoxy) is 3. The number of benzene rings is 2. The van der Waals surface area contributed by atoms with E-state index in [1.807, 2.05) is 0 Å². The molecule has 0 radical (unpaired) electrons. The highest BCUT2D eigenvalue weighted by molar-refractivity contribution is 7.92. The molecule has 1 N–H and O–H groups in total. The standard InChI is InChI=1S/C20H19F6NO6S/c1-2-31-18(28)9-13-3-5-14(6-4-13)27-34(29,30)17-10-15(32-11-19(21,22)23)7-8-16(17)33-12-20(24,25)26/h3-8,10,27H,2,9,11-12H2,1H3. The van der Waals surface area contributed by atoms with Gasteiger partial charge >= 0.3 is 18.3 Å². The van der Waals surface area contributed by atoms with Crippen LogP contribution in [0.2, 0.25) is 0 Å². The topological polar surface area (TPSA) is 90.9 Å². The summed E-state index contributed by atoms with van der Waals surface area (Å²) in [4.78, 5) is 10.6. The van der Waals surface area contributed by atoms with Crippen molar-refractivity contribution >= 4 is 21.7 Å². The summed E-state index contributed by atoms with van der Waals surface area (Å²) >= 11 is 0. The summed E-state index contributed by atoms with van der Waals surface area (Å²) in [5.41, 5.74) is 0.467. The minimum Gasteiger partial charge on any atom is -0.484 e. The van der Waals surface area contributed by atoms with Crippen LogP contribution in [0.25, 0.3) is 0 Å². The summed E-state index contributed by atoms with van der Waals surface area (Å²) < 4.78 is 116. The van der Waals surface area contributed by atoms with E-state index in [1.165, 1.54) is 24.3 Å². The molecule has 0 fully saturated rings. The quantitative estimate of drug-likeness (QED) is 0.371. The van der Waals surface area contributed by atoms with E-state index in [0.29, 0.717) is 11.6 Å². The van der Waals surface area contributed by atoms with Crippen LogP contribution in [0.4, 0.5) is 32.0 Å². The van der Waals surface area contributed by atoms with Crippen LogP contribution in [0.1, 0.15) is 12.5 Å². The van der Waals surface area contributed by atoms with E-state index in [4.69, 9.17) is 4.74 Å². The first-order chi connectivity index (χ1) is 15.7. The first-order valence-electron chi connectivity index (χ1n) is 9.49. The van der Waals surface area contributed by atoms with Gasteiger partial charge in [-0.3, -0.25) is 9.52 Å². The normalized spacial score (nSPS) is 12.2. The Morgan fingerprint density at radius 2 is 1.50 bits per heavy atom. The van der Waals surface area contributed by atoms with Gasteiger partial charge in [-0.05, 0) is 36.8 Å². The van der Waals surface area contributed by atoms with Gasteiger partial charge in [-0.25, -0.2) is 8.42 Å². The summed E-state index contributed by atoms with van der Waals surface area (Å²) in [6.45, 7) is -1.77. The number of carbonyl (C=O) groups excluding carboxylic acids is 1. The van der Waals surface area contributed by atoms with Gasteiger partial charge in [0.25, 0.3) is 10.0 Å². The molecule has 0 spiro atoms. The fourth-order valence-electron chi connectivity index (χ4n) is 2.51. The molecule has 2 aromatic rings. The summed E-state index contributed by atoms with van der Waals surface area (Å²) in [5.74, 6) is -1.80. The Morgan fingerprint density at radius 1 is 0.912 bits per heavy atom. The number of hydrogen-bond donors (Lipinski definition) is 1. The van der Waals surface area contributed by atoms with Crippen LogP contribution in [-0.4, -0.2) is 46.6 Å². The van der Waals surface area contributed by atoms with Crippen LogP contribution >= 0.6 is 0 Å². The molecule has 14 heteroatoms. The third-order valence-electron chi connectivity index (χ3n) is 3.86. The number of carbonyl (C=O) groups is 1. The Bertz CT molecular complexity index is 1080. The molecule has 0 aliphatic rings. The van der Waals surface area contributed by atoms with Crippen molar-refractivity contribution in [2.45, 2.75) is 30.6 Å². The van der Waals surface area contributed by atoms with E-state index >= 15 is 0 Å². The third-order valence-corrected chi connectivity index (χ3v) is 5.26. The molecule has 0 atom stereocenters. The molecule has 0 amide bonds. The van der Waals surface area contributed by atoms with Crippen LogP contribution in [0.3, 0.4) is 0 Å². The summed E-state index contributed by atoms with van der Waals surface area (Å²) in [6, 6.07) is 7.63. The molecule has 0 saturated heterocycles. The van der Waals surface area contributed by atoms with Crippen molar-refractivity contribution < 1.29 is 53.8 Å². The van der Waals surface area contributed by atoms with Gasteiger partial charge in [0.15, 0.2) is 13.2 Å². The van der Waals surface area contributed by atoms with Crippen molar-refractivity contribution in [1.29, 1.82) is 0 Å². The first-order valence-corrected chi connectivity index (χ1v) is 11.0. The lowest BCUT2D eigenvalue weighted by molar-refractivity contribution is -0.154. The van der Waals surface area contributed by atoms with E-state index < -0.39 is 58.0 Å². The number of sulfonamides is 1. The average molecular weight is 515 g/mol. The lowest BCUT2D eigenvalue weighted by Gasteiger charge is -2.16. The Kier molecular flexibility index (Phi) is 8.64. The second-order valence-electron chi connectivity index (χ2n) is 6.70. The number of anilines is 1. The van der Waals surface area contributed by atoms with Gasteiger partial charge in [0.2, 0.25) is 0 Å². The second-order valence-corrected chi connectivity index (χ2v) is 8.35. The molecule has 2 rings (SSSR count). The zero-order chi connectivity index (χ0) is 25.6. The summed E-state index contributed by atoms with van der Waals surface area (Å²) in [6.07, 6.45) is -9.60. The molecule has 188 valence electrons. The van der Waals surface area contributed by atoms with E-state index in [1.54, 1.807) is 6.92 Å². The lowest BCUT2D eigenvalue weighted by atomic mass is 10.1.